The molecule has 0 aliphatic rings. The van der Waals surface area contributed by atoms with E-state index in [-0.39, 0.29) is 11.7 Å². The molecule has 1 amide bonds. The van der Waals surface area contributed by atoms with Crippen molar-refractivity contribution >= 4 is 23.5 Å². The quantitative estimate of drug-likeness (QED) is 0.658. The lowest BCUT2D eigenvalue weighted by Crippen LogP contribution is -2.24. The van der Waals surface area contributed by atoms with Crippen LogP contribution < -0.4 is 11.1 Å². The van der Waals surface area contributed by atoms with Crippen LogP contribution in [0.15, 0.2) is 70.5 Å². The molecule has 5 heteroatoms. The molecule has 2 aromatic carbocycles. The maximum atomic E-state index is 12.3. The molecule has 0 saturated carbocycles. The SMILES string of the molecule is CCc1cccc(Sc2ccc(CNC(=O)c3ccc(C)nc3N)cc2)c1. The summed E-state index contributed by atoms with van der Waals surface area (Å²) < 4.78 is 0. The number of amides is 1. The molecule has 0 aliphatic heterocycles. The van der Waals surface area contributed by atoms with Crippen molar-refractivity contribution in [3.05, 3.63) is 83.0 Å². The van der Waals surface area contributed by atoms with Crippen molar-refractivity contribution in [1.82, 2.24) is 10.3 Å². The molecule has 0 spiro atoms. The van der Waals surface area contributed by atoms with Gasteiger partial charge in [-0.1, -0.05) is 43.0 Å². The molecule has 3 aromatic rings. The zero-order valence-corrected chi connectivity index (χ0v) is 16.3. The fourth-order valence-corrected chi connectivity index (χ4v) is 3.59. The fraction of sp³-hybridized carbons (Fsp3) is 0.182. The Morgan fingerprint density at radius 3 is 2.52 bits per heavy atom. The highest BCUT2D eigenvalue weighted by Crippen LogP contribution is 2.28. The summed E-state index contributed by atoms with van der Waals surface area (Å²) in [5.74, 6) is 0.0448. The molecule has 0 aliphatic carbocycles. The number of benzene rings is 2. The largest absolute Gasteiger partial charge is 0.383 e. The highest BCUT2D eigenvalue weighted by Gasteiger charge is 2.10. The summed E-state index contributed by atoms with van der Waals surface area (Å²) in [5.41, 5.74) is 9.40. The minimum atomic E-state index is -0.213. The van der Waals surface area contributed by atoms with Gasteiger partial charge < -0.3 is 11.1 Å². The number of aryl methyl sites for hydroxylation is 2. The van der Waals surface area contributed by atoms with Crippen LogP contribution in [-0.4, -0.2) is 10.9 Å². The molecule has 0 atom stereocenters. The molecule has 0 saturated heterocycles. The second-order valence-electron chi connectivity index (χ2n) is 6.32. The van der Waals surface area contributed by atoms with Crippen LogP contribution in [0.3, 0.4) is 0 Å². The number of carbonyl (C=O) groups excluding carboxylic acids is 1. The number of nitrogens with one attached hydrogen (secondary N) is 1. The first-order valence-corrected chi connectivity index (χ1v) is 9.74. The Morgan fingerprint density at radius 1 is 1.04 bits per heavy atom. The zero-order valence-electron chi connectivity index (χ0n) is 15.5. The van der Waals surface area contributed by atoms with Gasteiger partial charge in [-0.2, -0.15) is 0 Å². The van der Waals surface area contributed by atoms with Gasteiger partial charge in [0.05, 0.1) is 5.56 Å². The lowest BCUT2D eigenvalue weighted by atomic mass is 10.2. The van der Waals surface area contributed by atoms with E-state index in [9.17, 15) is 4.79 Å². The fourth-order valence-electron chi connectivity index (χ4n) is 2.69. The molecule has 0 radical (unpaired) electrons. The monoisotopic (exact) mass is 377 g/mol. The number of nitrogens with two attached hydrogens (primary N) is 1. The van der Waals surface area contributed by atoms with Crippen LogP contribution in [0.25, 0.3) is 0 Å². The van der Waals surface area contributed by atoms with Crippen LogP contribution >= 0.6 is 11.8 Å². The van der Waals surface area contributed by atoms with E-state index in [1.807, 2.05) is 19.1 Å². The van der Waals surface area contributed by atoms with Gasteiger partial charge in [0.2, 0.25) is 0 Å². The van der Waals surface area contributed by atoms with E-state index in [2.05, 4.69) is 53.6 Å². The van der Waals surface area contributed by atoms with Gasteiger partial charge in [-0.3, -0.25) is 4.79 Å². The molecule has 4 nitrogen and oxygen atoms in total. The topological polar surface area (TPSA) is 68.0 Å². The van der Waals surface area contributed by atoms with Crippen molar-refractivity contribution in [2.45, 2.75) is 36.6 Å². The van der Waals surface area contributed by atoms with Gasteiger partial charge in [-0.25, -0.2) is 4.98 Å². The van der Waals surface area contributed by atoms with Crippen molar-refractivity contribution < 1.29 is 4.79 Å². The Bertz CT molecular complexity index is 939. The van der Waals surface area contributed by atoms with E-state index in [1.54, 1.807) is 23.9 Å². The molecule has 0 bridgehead atoms. The number of nitrogens with zero attached hydrogens (tertiary/aromatic N) is 1. The van der Waals surface area contributed by atoms with E-state index in [1.165, 1.54) is 15.4 Å². The summed E-state index contributed by atoms with van der Waals surface area (Å²) in [4.78, 5) is 18.8. The molecule has 0 unspecified atom stereocenters. The maximum Gasteiger partial charge on any atom is 0.255 e. The van der Waals surface area contributed by atoms with E-state index in [4.69, 9.17) is 5.73 Å². The summed E-state index contributed by atoms with van der Waals surface area (Å²) in [7, 11) is 0. The first-order chi connectivity index (χ1) is 13.0. The van der Waals surface area contributed by atoms with Crippen LogP contribution in [0.1, 0.15) is 34.1 Å². The number of rotatable bonds is 6. The number of anilines is 1. The summed E-state index contributed by atoms with van der Waals surface area (Å²) in [6.07, 6.45) is 1.04. The molecule has 138 valence electrons. The minimum Gasteiger partial charge on any atom is -0.383 e. The predicted molar refractivity (Wildman–Crippen MR) is 111 cm³/mol. The van der Waals surface area contributed by atoms with E-state index in [0.717, 1.165) is 17.7 Å². The van der Waals surface area contributed by atoms with Gasteiger partial charge in [-0.05, 0) is 60.9 Å². The van der Waals surface area contributed by atoms with Gasteiger partial charge in [-0.15, -0.1) is 0 Å². The number of carbonyl (C=O) groups is 1. The van der Waals surface area contributed by atoms with Crippen molar-refractivity contribution in [1.29, 1.82) is 0 Å². The van der Waals surface area contributed by atoms with E-state index < -0.39 is 0 Å². The van der Waals surface area contributed by atoms with Crippen LogP contribution in [0.2, 0.25) is 0 Å². The lowest BCUT2D eigenvalue weighted by Gasteiger charge is -2.09. The van der Waals surface area contributed by atoms with Crippen molar-refractivity contribution in [2.75, 3.05) is 5.73 Å². The lowest BCUT2D eigenvalue weighted by molar-refractivity contribution is 0.0951. The van der Waals surface area contributed by atoms with Crippen molar-refractivity contribution in [2.24, 2.45) is 0 Å². The molecule has 27 heavy (non-hydrogen) atoms. The van der Waals surface area contributed by atoms with E-state index >= 15 is 0 Å². The molecule has 0 fully saturated rings. The third-order valence-corrected chi connectivity index (χ3v) is 5.22. The van der Waals surface area contributed by atoms with Gasteiger partial charge in [0, 0.05) is 22.0 Å². The normalized spacial score (nSPS) is 10.6. The number of hydrogen-bond donors (Lipinski definition) is 2. The second kappa shape index (κ2) is 8.73. The molecule has 3 rings (SSSR count). The Kier molecular flexibility index (Phi) is 6.14. The number of pyridine rings is 1. The molecule has 3 N–H and O–H groups in total. The van der Waals surface area contributed by atoms with Crippen molar-refractivity contribution in [3.63, 3.8) is 0 Å². The molecule has 1 heterocycles. The van der Waals surface area contributed by atoms with Gasteiger partial charge in [0.1, 0.15) is 5.82 Å². The summed E-state index contributed by atoms with van der Waals surface area (Å²) in [5, 5.41) is 2.89. The second-order valence-corrected chi connectivity index (χ2v) is 7.46. The average Bonchev–Trinajstić information content (AvgIpc) is 2.67. The Morgan fingerprint density at radius 2 is 1.81 bits per heavy atom. The van der Waals surface area contributed by atoms with Gasteiger partial charge >= 0.3 is 0 Å². The number of nitrogen functional groups attached to an aromatic ring is 1. The Hall–Kier alpha value is -2.79. The Labute approximate surface area is 164 Å². The van der Waals surface area contributed by atoms with Gasteiger partial charge in [0.25, 0.3) is 5.91 Å². The minimum absolute atomic E-state index is 0.213. The van der Waals surface area contributed by atoms with Gasteiger partial charge in [0.15, 0.2) is 0 Å². The van der Waals surface area contributed by atoms with Crippen LogP contribution in [0.5, 0.6) is 0 Å². The number of hydrogen-bond acceptors (Lipinski definition) is 4. The first-order valence-electron chi connectivity index (χ1n) is 8.92. The average molecular weight is 378 g/mol. The van der Waals surface area contributed by atoms with E-state index in [0.29, 0.717) is 12.1 Å². The molecular formula is C22H23N3OS. The third kappa shape index (κ3) is 5.11. The summed E-state index contributed by atoms with van der Waals surface area (Å²) in [6.45, 7) is 4.45. The van der Waals surface area contributed by atoms with Crippen LogP contribution in [0.4, 0.5) is 5.82 Å². The highest BCUT2D eigenvalue weighted by molar-refractivity contribution is 7.99. The third-order valence-electron chi connectivity index (χ3n) is 4.23. The summed E-state index contributed by atoms with van der Waals surface area (Å²) >= 11 is 1.74. The van der Waals surface area contributed by atoms with Crippen LogP contribution in [-0.2, 0) is 13.0 Å². The van der Waals surface area contributed by atoms with Crippen molar-refractivity contribution in [3.8, 4) is 0 Å². The summed E-state index contributed by atoms with van der Waals surface area (Å²) in [6, 6.07) is 20.3. The predicted octanol–water partition coefficient (Wildman–Crippen LogP) is 4.62. The maximum absolute atomic E-state index is 12.3. The standard InChI is InChI=1S/C22H23N3OS/c1-3-16-5-4-6-19(13-16)27-18-10-8-17(9-11-18)14-24-22(26)20-12-7-15(2)25-21(20)23/h4-13H,3,14H2,1-2H3,(H2,23,25)(H,24,26). The molecular weight excluding hydrogens is 354 g/mol. The highest BCUT2D eigenvalue weighted by atomic mass is 32.2. The number of aromatic nitrogens is 1. The molecule has 1 aromatic heterocycles. The first kappa shape index (κ1) is 19.0. The smallest absolute Gasteiger partial charge is 0.255 e. The Balaban J connectivity index is 1.59. The zero-order chi connectivity index (χ0) is 19.2. The van der Waals surface area contributed by atoms with Crippen LogP contribution in [0, 0.1) is 6.92 Å².